The fourth-order valence-electron chi connectivity index (χ4n) is 1.39. The second-order valence-corrected chi connectivity index (χ2v) is 4.80. The van der Waals surface area contributed by atoms with Crippen molar-refractivity contribution < 1.29 is 5.11 Å². The second kappa shape index (κ2) is 4.33. The van der Waals surface area contributed by atoms with Gasteiger partial charge in [-0.3, -0.25) is 0 Å². The van der Waals surface area contributed by atoms with E-state index in [9.17, 15) is 0 Å². The molecule has 0 bridgehead atoms. The van der Waals surface area contributed by atoms with Crippen molar-refractivity contribution in [2.45, 2.75) is 37.6 Å². The van der Waals surface area contributed by atoms with E-state index in [0.29, 0.717) is 6.04 Å². The molecule has 0 amide bonds. The van der Waals surface area contributed by atoms with Gasteiger partial charge in [0, 0.05) is 23.1 Å². The maximum absolute atomic E-state index is 8.79. The monoisotopic (exact) mass is 175 g/mol. The first kappa shape index (κ1) is 9.36. The highest BCUT2D eigenvalue weighted by molar-refractivity contribution is 8.00. The highest BCUT2D eigenvalue weighted by Gasteiger charge is 2.22. The van der Waals surface area contributed by atoms with Crippen molar-refractivity contribution in [3.63, 3.8) is 0 Å². The van der Waals surface area contributed by atoms with Crippen molar-refractivity contribution >= 4 is 11.8 Å². The zero-order valence-electron chi connectivity index (χ0n) is 7.21. The lowest BCUT2D eigenvalue weighted by atomic mass is 10.2. The maximum Gasteiger partial charge on any atom is 0.0582 e. The lowest BCUT2D eigenvalue weighted by Gasteiger charge is -2.16. The summed E-state index contributed by atoms with van der Waals surface area (Å²) in [5.74, 6) is 1.20. The third kappa shape index (κ3) is 3.01. The van der Waals surface area contributed by atoms with Gasteiger partial charge in [-0.15, -0.1) is 0 Å². The summed E-state index contributed by atoms with van der Waals surface area (Å²) in [5.41, 5.74) is 0. The van der Waals surface area contributed by atoms with Crippen molar-refractivity contribution in [2.24, 2.45) is 0 Å². The summed E-state index contributed by atoms with van der Waals surface area (Å²) in [6.07, 6.45) is 1.25. The third-order valence-electron chi connectivity index (χ3n) is 1.99. The number of rotatable bonds is 3. The molecule has 0 radical (unpaired) electrons. The van der Waals surface area contributed by atoms with Gasteiger partial charge in [-0.1, -0.05) is 6.92 Å². The summed E-state index contributed by atoms with van der Waals surface area (Å²) in [4.78, 5) is 0. The lowest BCUT2D eigenvalue weighted by Crippen LogP contribution is -2.38. The van der Waals surface area contributed by atoms with Crippen molar-refractivity contribution in [2.75, 3.05) is 12.4 Å². The van der Waals surface area contributed by atoms with Gasteiger partial charge in [-0.05, 0) is 13.3 Å². The first-order valence-electron chi connectivity index (χ1n) is 4.21. The smallest absolute Gasteiger partial charge is 0.0582 e. The van der Waals surface area contributed by atoms with Crippen molar-refractivity contribution in [1.82, 2.24) is 5.32 Å². The average Bonchev–Trinajstić information content (AvgIpc) is 2.35. The molecule has 1 fully saturated rings. The van der Waals surface area contributed by atoms with Gasteiger partial charge in [0.05, 0.1) is 6.61 Å². The molecule has 0 spiro atoms. The number of nitrogens with one attached hydrogen (secondary N) is 1. The van der Waals surface area contributed by atoms with Gasteiger partial charge in [0.2, 0.25) is 0 Å². The summed E-state index contributed by atoms with van der Waals surface area (Å²) < 4.78 is 0. The van der Waals surface area contributed by atoms with Crippen molar-refractivity contribution in [1.29, 1.82) is 0 Å². The van der Waals surface area contributed by atoms with Gasteiger partial charge in [0.25, 0.3) is 0 Å². The number of thioether (sulfide) groups is 1. The average molecular weight is 175 g/mol. The molecule has 0 aromatic rings. The van der Waals surface area contributed by atoms with Gasteiger partial charge < -0.3 is 10.4 Å². The normalized spacial score (nSPS) is 34.1. The van der Waals surface area contributed by atoms with Crippen LogP contribution in [-0.2, 0) is 0 Å². The molecule has 1 saturated heterocycles. The number of hydrogen-bond acceptors (Lipinski definition) is 3. The van der Waals surface area contributed by atoms with Crippen LogP contribution in [-0.4, -0.2) is 34.8 Å². The van der Waals surface area contributed by atoms with Crippen molar-refractivity contribution in [3.05, 3.63) is 0 Å². The van der Waals surface area contributed by atoms with Crippen LogP contribution in [0.2, 0.25) is 0 Å². The van der Waals surface area contributed by atoms with E-state index in [1.807, 2.05) is 18.7 Å². The first-order chi connectivity index (χ1) is 5.22. The van der Waals surface area contributed by atoms with E-state index >= 15 is 0 Å². The molecule has 0 saturated carbocycles. The Hall–Kier alpha value is 0.270. The minimum atomic E-state index is 0.246. The van der Waals surface area contributed by atoms with Crippen LogP contribution in [0, 0.1) is 0 Å². The Morgan fingerprint density at radius 1 is 1.73 bits per heavy atom. The highest BCUT2D eigenvalue weighted by atomic mass is 32.2. The zero-order valence-corrected chi connectivity index (χ0v) is 8.03. The minimum absolute atomic E-state index is 0.246. The van der Waals surface area contributed by atoms with E-state index in [1.54, 1.807) is 0 Å². The molecule has 66 valence electrons. The molecule has 1 aliphatic heterocycles. The second-order valence-electron chi connectivity index (χ2n) is 3.33. The SMILES string of the molecule is CC(CO)NC1CSC(C)C1. The molecule has 0 aromatic carbocycles. The molecule has 1 aliphatic rings. The van der Waals surface area contributed by atoms with Crippen LogP contribution >= 0.6 is 11.8 Å². The lowest BCUT2D eigenvalue weighted by molar-refractivity contribution is 0.242. The van der Waals surface area contributed by atoms with Crippen LogP contribution in [0.4, 0.5) is 0 Å². The molecule has 11 heavy (non-hydrogen) atoms. The van der Waals surface area contributed by atoms with E-state index in [-0.39, 0.29) is 12.6 Å². The van der Waals surface area contributed by atoms with E-state index in [1.165, 1.54) is 12.2 Å². The van der Waals surface area contributed by atoms with Crippen LogP contribution in [0.5, 0.6) is 0 Å². The fraction of sp³-hybridized carbons (Fsp3) is 1.00. The number of aliphatic hydroxyl groups is 1. The molecule has 3 unspecified atom stereocenters. The molecule has 1 rings (SSSR count). The van der Waals surface area contributed by atoms with E-state index in [2.05, 4.69) is 12.2 Å². The Kier molecular flexibility index (Phi) is 3.69. The van der Waals surface area contributed by atoms with E-state index in [4.69, 9.17) is 5.11 Å². The predicted molar refractivity (Wildman–Crippen MR) is 50.0 cm³/mol. The molecule has 1 heterocycles. The van der Waals surface area contributed by atoms with Crippen LogP contribution < -0.4 is 5.32 Å². The highest BCUT2D eigenvalue weighted by Crippen LogP contribution is 2.25. The van der Waals surface area contributed by atoms with Crippen LogP contribution in [0.1, 0.15) is 20.3 Å². The summed E-state index contributed by atoms with van der Waals surface area (Å²) in [6, 6.07) is 0.878. The van der Waals surface area contributed by atoms with E-state index < -0.39 is 0 Å². The van der Waals surface area contributed by atoms with Crippen LogP contribution in [0.25, 0.3) is 0 Å². The van der Waals surface area contributed by atoms with Crippen molar-refractivity contribution in [3.8, 4) is 0 Å². The van der Waals surface area contributed by atoms with Crippen LogP contribution in [0.15, 0.2) is 0 Å². The summed E-state index contributed by atoms with van der Waals surface area (Å²) in [6.45, 7) is 4.53. The molecule has 0 aromatic heterocycles. The Balaban J connectivity index is 2.17. The van der Waals surface area contributed by atoms with Gasteiger partial charge >= 0.3 is 0 Å². The van der Waals surface area contributed by atoms with Gasteiger partial charge in [-0.2, -0.15) is 11.8 Å². The standard InChI is InChI=1S/C8H17NOS/c1-6(4-10)9-8-3-7(2)11-5-8/h6-10H,3-5H2,1-2H3. The van der Waals surface area contributed by atoms with Gasteiger partial charge in [-0.25, -0.2) is 0 Å². The topological polar surface area (TPSA) is 32.3 Å². The Morgan fingerprint density at radius 2 is 2.45 bits per heavy atom. The summed E-state index contributed by atoms with van der Waals surface area (Å²) in [5, 5.41) is 13.0. The molecular weight excluding hydrogens is 158 g/mol. The van der Waals surface area contributed by atoms with E-state index in [0.717, 1.165) is 5.25 Å². The quantitative estimate of drug-likeness (QED) is 0.667. The Bertz CT molecular complexity index is 121. The summed E-state index contributed by atoms with van der Waals surface area (Å²) in [7, 11) is 0. The maximum atomic E-state index is 8.79. The number of hydrogen-bond donors (Lipinski definition) is 2. The van der Waals surface area contributed by atoms with Gasteiger partial charge in [0.15, 0.2) is 0 Å². The minimum Gasteiger partial charge on any atom is -0.395 e. The van der Waals surface area contributed by atoms with Crippen LogP contribution in [0.3, 0.4) is 0 Å². The zero-order chi connectivity index (χ0) is 8.27. The number of aliphatic hydroxyl groups excluding tert-OH is 1. The molecule has 3 heteroatoms. The molecule has 0 aliphatic carbocycles. The Morgan fingerprint density at radius 3 is 2.91 bits per heavy atom. The Labute approximate surface area is 72.8 Å². The fourth-order valence-corrected chi connectivity index (χ4v) is 2.55. The largest absolute Gasteiger partial charge is 0.395 e. The summed E-state index contributed by atoms with van der Waals surface area (Å²) >= 11 is 2.01. The van der Waals surface area contributed by atoms with Gasteiger partial charge in [0.1, 0.15) is 0 Å². The molecule has 2 N–H and O–H groups in total. The predicted octanol–water partition coefficient (Wildman–Crippen LogP) is 0.851. The molecule has 3 atom stereocenters. The molecule has 2 nitrogen and oxygen atoms in total. The third-order valence-corrected chi connectivity index (χ3v) is 3.35. The first-order valence-corrected chi connectivity index (χ1v) is 5.25. The molecular formula is C8H17NOS.